The first kappa shape index (κ1) is 12.9. The molecule has 0 radical (unpaired) electrons. The van der Waals surface area contributed by atoms with Crippen LogP contribution in [0.2, 0.25) is 0 Å². The Morgan fingerprint density at radius 3 is 2.84 bits per heavy atom. The zero-order valence-electron chi connectivity index (χ0n) is 10.8. The third-order valence-corrected chi connectivity index (χ3v) is 2.44. The molecule has 1 amide bonds. The largest absolute Gasteiger partial charge is 0.369 e. The van der Waals surface area contributed by atoms with Gasteiger partial charge in [0.25, 0.3) is 5.91 Å². The van der Waals surface area contributed by atoms with Crippen LogP contribution in [-0.4, -0.2) is 49.8 Å². The smallest absolute Gasteiger partial charge is 0.274 e. The molecule has 0 bridgehead atoms. The molecule has 2 aromatic rings. The number of hydrogen-bond acceptors (Lipinski definition) is 6. The van der Waals surface area contributed by atoms with Gasteiger partial charge in [0.1, 0.15) is 18.0 Å². The number of nitrogens with zero attached hydrogens (tertiary/aromatic N) is 5. The van der Waals surface area contributed by atoms with Gasteiger partial charge in [-0.3, -0.25) is 9.89 Å². The van der Waals surface area contributed by atoms with E-state index in [0.29, 0.717) is 23.9 Å². The first-order valence-electron chi connectivity index (χ1n) is 5.88. The summed E-state index contributed by atoms with van der Waals surface area (Å²) in [6, 6.07) is 3.37. The SMILES string of the molecule is CCNc1ccc(C(=O)N(C)Cc2ncn[nH]2)nn1. The average molecular weight is 261 g/mol. The Kier molecular flexibility index (Phi) is 4.01. The first-order chi connectivity index (χ1) is 9.20. The quantitative estimate of drug-likeness (QED) is 0.803. The maximum atomic E-state index is 12.1. The molecule has 0 atom stereocenters. The molecule has 0 fully saturated rings. The normalized spacial score (nSPS) is 10.2. The number of hydrogen-bond donors (Lipinski definition) is 2. The fourth-order valence-electron chi connectivity index (χ4n) is 1.52. The lowest BCUT2D eigenvalue weighted by Crippen LogP contribution is -2.27. The van der Waals surface area contributed by atoms with E-state index in [-0.39, 0.29) is 5.91 Å². The number of nitrogens with one attached hydrogen (secondary N) is 2. The minimum atomic E-state index is -0.216. The molecule has 0 aromatic carbocycles. The van der Waals surface area contributed by atoms with Crippen LogP contribution in [0, 0.1) is 0 Å². The van der Waals surface area contributed by atoms with Crippen LogP contribution >= 0.6 is 0 Å². The highest BCUT2D eigenvalue weighted by molar-refractivity contribution is 5.91. The lowest BCUT2D eigenvalue weighted by Gasteiger charge is -2.14. The van der Waals surface area contributed by atoms with Gasteiger partial charge in [-0.15, -0.1) is 10.2 Å². The van der Waals surface area contributed by atoms with Crippen LogP contribution in [0.3, 0.4) is 0 Å². The Morgan fingerprint density at radius 1 is 1.42 bits per heavy atom. The zero-order valence-corrected chi connectivity index (χ0v) is 10.8. The maximum Gasteiger partial charge on any atom is 0.274 e. The van der Waals surface area contributed by atoms with Crippen LogP contribution < -0.4 is 5.32 Å². The summed E-state index contributed by atoms with van der Waals surface area (Å²) in [5.74, 6) is 1.05. The summed E-state index contributed by atoms with van der Waals surface area (Å²) in [5, 5.41) is 17.3. The zero-order chi connectivity index (χ0) is 13.7. The predicted octanol–water partition coefficient (Wildman–Crippen LogP) is 0.299. The standard InChI is InChI=1S/C11H15N7O/c1-3-12-9-5-4-8(15-17-9)11(19)18(2)6-10-13-7-14-16-10/h4-5,7H,3,6H2,1-2H3,(H,12,17)(H,13,14,16). The number of rotatable bonds is 5. The molecule has 0 aliphatic carbocycles. The summed E-state index contributed by atoms with van der Waals surface area (Å²) >= 11 is 0. The topological polar surface area (TPSA) is 99.7 Å². The van der Waals surface area contributed by atoms with Gasteiger partial charge in [-0.2, -0.15) is 5.10 Å². The summed E-state index contributed by atoms with van der Waals surface area (Å²) < 4.78 is 0. The van der Waals surface area contributed by atoms with Crippen molar-refractivity contribution in [2.24, 2.45) is 0 Å². The van der Waals surface area contributed by atoms with Crippen LogP contribution in [0.5, 0.6) is 0 Å². The second-order valence-corrected chi connectivity index (χ2v) is 3.93. The number of carbonyl (C=O) groups excluding carboxylic acids is 1. The summed E-state index contributed by atoms with van der Waals surface area (Å²) in [6.07, 6.45) is 1.40. The Bertz CT molecular complexity index is 522. The summed E-state index contributed by atoms with van der Waals surface area (Å²) in [7, 11) is 1.67. The molecular weight excluding hydrogens is 246 g/mol. The first-order valence-corrected chi connectivity index (χ1v) is 5.88. The fourth-order valence-corrected chi connectivity index (χ4v) is 1.52. The van der Waals surface area contributed by atoms with Crippen molar-refractivity contribution in [2.75, 3.05) is 18.9 Å². The van der Waals surface area contributed by atoms with Crippen molar-refractivity contribution in [3.8, 4) is 0 Å². The van der Waals surface area contributed by atoms with E-state index in [9.17, 15) is 4.79 Å². The number of aromatic nitrogens is 5. The molecule has 8 heteroatoms. The van der Waals surface area contributed by atoms with E-state index in [1.165, 1.54) is 11.2 Å². The molecule has 0 saturated carbocycles. The highest BCUT2D eigenvalue weighted by Crippen LogP contribution is 2.05. The van der Waals surface area contributed by atoms with Gasteiger partial charge >= 0.3 is 0 Å². The van der Waals surface area contributed by atoms with Crippen molar-refractivity contribution < 1.29 is 4.79 Å². The van der Waals surface area contributed by atoms with E-state index < -0.39 is 0 Å². The van der Waals surface area contributed by atoms with Crippen molar-refractivity contribution >= 4 is 11.7 Å². The molecule has 2 rings (SSSR count). The Morgan fingerprint density at radius 2 is 2.26 bits per heavy atom. The van der Waals surface area contributed by atoms with Crippen LogP contribution in [-0.2, 0) is 6.54 Å². The van der Waals surface area contributed by atoms with Gasteiger partial charge in [0.05, 0.1) is 6.54 Å². The Labute approximate surface area is 110 Å². The Balaban J connectivity index is 2.02. The van der Waals surface area contributed by atoms with Crippen molar-refractivity contribution in [1.82, 2.24) is 30.3 Å². The van der Waals surface area contributed by atoms with Crippen molar-refractivity contribution in [2.45, 2.75) is 13.5 Å². The van der Waals surface area contributed by atoms with E-state index >= 15 is 0 Å². The highest BCUT2D eigenvalue weighted by Gasteiger charge is 2.15. The van der Waals surface area contributed by atoms with Gasteiger partial charge in [-0.25, -0.2) is 4.98 Å². The van der Waals surface area contributed by atoms with Gasteiger partial charge in [-0.1, -0.05) is 0 Å². The maximum absolute atomic E-state index is 12.1. The van der Waals surface area contributed by atoms with Crippen molar-refractivity contribution in [3.05, 3.63) is 30.0 Å². The number of amides is 1. The number of aromatic amines is 1. The van der Waals surface area contributed by atoms with Gasteiger partial charge in [0, 0.05) is 13.6 Å². The van der Waals surface area contributed by atoms with Crippen molar-refractivity contribution in [1.29, 1.82) is 0 Å². The molecular formula is C11H15N7O. The molecule has 2 N–H and O–H groups in total. The monoisotopic (exact) mass is 261 g/mol. The van der Waals surface area contributed by atoms with Crippen molar-refractivity contribution in [3.63, 3.8) is 0 Å². The molecule has 8 nitrogen and oxygen atoms in total. The molecule has 100 valence electrons. The number of H-pyrrole nitrogens is 1. The van der Waals surface area contributed by atoms with E-state index in [4.69, 9.17) is 0 Å². The van der Waals surface area contributed by atoms with Crippen LogP contribution in [0.25, 0.3) is 0 Å². The molecule has 0 spiro atoms. The van der Waals surface area contributed by atoms with Crippen LogP contribution in [0.1, 0.15) is 23.2 Å². The van der Waals surface area contributed by atoms with Crippen LogP contribution in [0.15, 0.2) is 18.5 Å². The molecule has 0 saturated heterocycles. The van der Waals surface area contributed by atoms with E-state index in [1.54, 1.807) is 19.2 Å². The fraction of sp³-hybridized carbons (Fsp3) is 0.364. The third kappa shape index (κ3) is 3.24. The molecule has 0 aliphatic rings. The van der Waals surface area contributed by atoms with E-state index in [1.807, 2.05) is 6.92 Å². The number of anilines is 1. The molecule has 0 aliphatic heterocycles. The number of carbonyl (C=O) groups is 1. The van der Waals surface area contributed by atoms with Gasteiger partial charge in [0.2, 0.25) is 0 Å². The minimum Gasteiger partial charge on any atom is -0.369 e. The summed E-state index contributed by atoms with van der Waals surface area (Å²) in [4.78, 5) is 17.5. The predicted molar refractivity (Wildman–Crippen MR) is 68.4 cm³/mol. The highest BCUT2D eigenvalue weighted by atomic mass is 16.2. The summed E-state index contributed by atoms with van der Waals surface area (Å²) in [6.45, 7) is 3.06. The Hall–Kier alpha value is -2.51. The minimum absolute atomic E-state index is 0.216. The van der Waals surface area contributed by atoms with Gasteiger partial charge in [-0.05, 0) is 19.1 Å². The molecule has 2 heterocycles. The molecule has 0 unspecified atom stereocenters. The lowest BCUT2D eigenvalue weighted by atomic mass is 10.3. The third-order valence-electron chi connectivity index (χ3n) is 2.44. The molecule has 2 aromatic heterocycles. The summed E-state index contributed by atoms with van der Waals surface area (Å²) in [5.41, 5.74) is 0.295. The lowest BCUT2D eigenvalue weighted by molar-refractivity contribution is 0.0774. The molecule has 19 heavy (non-hydrogen) atoms. The van der Waals surface area contributed by atoms with E-state index in [2.05, 4.69) is 30.7 Å². The van der Waals surface area contributed by atoms with Crippen LogP contribution in [0.4, 0.5) is 5.82 Å². The second-order valence-electron chi connectivity index (χ2n) is 3.93. The van der Waals surface area contributed by atoms with Gasteiger partial charge < -0.3 is 10.2 Å². The van der Waals surface area contributed by atoms with E-state index in [0.717, 1.165) is 6.54 Å². The average Bonchev–Trinajstić information content (AvgIpc) is 2.92. The van der Waals surface area contributed by atoms with Gasteiger partial charge in [0.15, 0.2) is 5.69 Å². The second kappa shape index (κ2) is 5.89.